The van der Waals surface area contributed by atoms with Crippen molar-refractivity contribution in [1.82, 2.24) is 15.6 Å². The zero-order valence-corrected chi connectivity index (χ0v) is 14.9. The van der Waals surface area contributed by atoms with Crippen LogP contribution in [0, 0.1) is 5.82 Å². The Bertz CT molecular complexity index is 887. The first kappa shape index (κ1) is 17.9. The highest BCUT2D eigenvalue weighted by Crippen LogP contribution is 2.16. The number of aliphatic imine (C=N–C) groups is 1. The number of rotatable bonds is 6. The summed E-state index contributed by atoms with van der Waals surface area (Å²) in [5.41, 5.74) is 2.75. The number of aromatic nitrogens is 1. The third kappa shape index (κ3) is 4.57. The van der Waals surface area contributed by atoms with Crippen LogP contribution in [0.3, 0.4) is 0 Å². The van der Waals surface area contributed by atoms with E-state index in [1.165, 1.54) is 6.07 Å². The molecule has 2 N–H and O–H groups in total. The molecule has 1 heterocycles. The fourth-order valence-corrected chi connectivity index (χ4v) is 2.82. The molecule has 0 aliphatic carbocycles. The summed E-state index contributed by atoms with van der Waals surface area (Å²) in [6.45, 7) is 3.93. The molecule has 0 saturated carbocycles. The minimum absolute atomic E-state index is 0.168. The Morgan fingerprint density at radius 1 is 1.00 bits per heavy atom. The number of benzene rings is 2. The molecule has 3 rings (SSSR count). The summed E-state index contributed by atoms with van der Waals surface area (Å²) in [6.07, 6.45) is 2.40. The number of fused-ring (bicyclic) bond motifs is 1. The summed E-state index contributed by atoms with van der Waals surface area (Å²) >= 11 is 0. The van der Waals surface area contributed by atoms with Crippen LogP contribution in [0.4, 0.5) is 4.39 Å². The van der Waals surface area contributed by atoms with Gasteiger partial charge in [0.05, 0.1) is 12.1 Å². The number of hydrogen-bond acceptors (Lipinski definition) is 2. The number of nitrogens with one attached hydrogen (secondary N) is 2. The third-order valence-electron chi connectivity index (χ3n) is 4.11. The van der Waals surface area contributed by atoms with Gasteiger partial charge in [-0.05, 0) is 36.6 Å². The molecule has 4 nitrogen and oxygen atoms in total. The van der Waals surface area contributed by atoms with E-state index in [0.29, 0.717) is 25.1 Å². The lowest BCUT2D eigenvalue weighted by atomic mass is 10.1. The van der Waals surface area contributed by atoms with Crippen molar-refractivity contribution in [2.24, 2.45) is 4.99 Å². The summed E-state index contributed by atoms with van der Waals surface area (Å²) in [5, 5.41) is 7.60. The zero-order chi connectivity index (χ0) is 18.2. The minimum atomic E-state index is -0.168. The Labute approximate surface area is 153 Å². The van der Waals surface area contributed by atoms with E-state index in [1.54, 1.807) is 12.3 Å². The van der Waals surface area contributed by atoms with Gasteiger partial charge in [0.2, 0.25) is 0 Å². The van der Waals surface area contributed by atoms with Crippen molar-refractivity contribution in [2.45, 2.75) is 19.9 Å². The molecular weight excluding hydrogens is 327 g/mol. The van der Waals surface area contributed by atoms with Crippen molar-refractivity contribution < 1.29 is 4.39 Å². The van der Waals surface area contributed by atoms with E-state index in [0.717, 1.165) is 29.0 Å². The molecule has 134 valence electrons. The van der Waals surface area contributed by atoms with Crippen LogP contribution in [-0.4, -0.2) is 24.0 Å². The van der Waals surface area contributed by atoms with Crippen molar-refractivity contribution in [3.05, 3.63) is 77.7 Å². The molecule has 3 aromatic rings. The van der Waals surface area contributed by atoms with Crippen molar-refractivity contribution in [1.29, 1.82) is 0 Å². The third-order valence-corrected chi connectivity index (χ3v) is 4.11. The molecule has 0 spiro atoms. The number of para-hydroxylation sites is 1. The van der Waals surface area contributed by atoms with Gasteiger partial charge in [0.25, 0.3) is 0 Å². The largest absolute Gasteiger partial charge is 0.357 e. The summed E-state index contributed by atoms with van der Waals surface area (Å²) < 4.78 is 13.7. The summed E-state index contributed by atoms with van der Waals surface area (Å²) in [4.78, 5) is 9.11. The predicted molar refractivity (Wildman–Crippen MR) is 105 cm³/mol. The van der Waals surface area contributed by atoms with Crippen molar-refractivity contribution in [2.75, 3.05) is 13.1 Å². The molecule has 0 atom stereocenters. The van der Waals surface area contributed by atoms with Crippen molar-refractivity contribution in [3.63, 3.8) is 0 Å². The van der Waals surface area contributed by atoms with Crippen LogP contribution in [0.5, 0.6) is 0 Å². The van der Waals surface area contributed by atoms with Gasteiger partial charge in [-0.2, -0.15) is 0 Å². The average molecular weight is 350 g/mol. The lowest BCUT2D eigenvalue weighted by Gasteiger charge is -2.12. The molecule has 0 fully saturated rings. The van der Waals surface area contributed by atoms with Crippen LogP contribution in [0.25, 0.3) is 10.9 Å². The average Bonchev–Trinajstić information content (AvgIpc) is 2.67. The van der Waals surface area contributed by atoms with Gasteiger partial charge in [0.15, 0.2) is 5.96 Å². The number of halogens is 1. The van der Waals surface area contributed by atoms with Gasteiger partial charge in [-0.15, -0.1) is 0 Å². The molecule has 26 heavy (non-hydrogen) atoms. The fraction of sp³-hybridized carbons (Fsp3) is 0.238. The standard InChI is InChI=1S/C21H23FN4/c1-2-23-21(25-14-12-16-7-3-4-11-19(16)22)26-15-18-9-5-8-17-10-6-13-24-20(17)18/h3-11,13H,2,12,14-15H2,1H3,(H2,23,25,26). The zero-order valence-electron chi connectivity index (χ0n) is 14.9. The highest BCUT2D eigenvalue weighted by molar-refractivity contribution is 5.83. The lowest BCUT2D eigenvalue weighted by molar-refractivity contribution is 0.606. The number of pyridine rings is 1. The number of nitrogens with zero attached hydrogens (tertiary/aromatic N) is 2. The molecule has 0 amide bonds. The number of guanidine groups is 1. The van der Waals surface area contributed by atoms with Crippen LogP contribution in [0.15, 0.2) is 65.8 Å². The monoisotopic (exact) mass is 350 g/mol. The maximum absolute atomic E-state index is 13.7. The second-order valence-electron chi connectivity index (χ2n) is 5.96. The van der Waals surface area contributed by atoms with Crippen molar-refractivity contribution in [3.8, 4) is 0 Å². The molecule has 5 heteroatoms. The lowest BCUT2D eigenvalue weighted by Crippen LogP contribution is -2.38. The fourth-order valence-electron chi connectivity index (χ4n) is 2.82. The topological polar surface area (TPSA) is 49.3 Å². The smallest absolute Gasteiger partial charge is 0.191 e. The van der Waals surface area contributed by atoms with E-state index in [2.05, 4.69) is 20.6 Å². The summed E-state index contributed by atoms with van der Waals surface area (Å²) in [7, 11) is 0. The van der Waals surface area contributed by atoms with Gasteiger partial charge >= 0.3 is 0 Å². The maximum atomic E-state index is 13.7. The molecule has 0 radical (unpaired) electrons. The van der Waals surface area contributed by atoms with Gasteiger partial charge in [-0.3, -0.25) is 4.98 Å². The number of hydrogen-bond donors (Lipinski definition) is 2. The van der Waals surface area contributed by atoms with E-state index < -0.39 is 0 Å². The van der Waals surface area contributed by atoms with Crippen LogP contribution in [0.2, 0.25) is 0 Å². The van der Waals surface area contributed by atoms with E-state index in [4.69, 9.17) is 0 Å². The minimum Gasteiger partial charge on any atom is -0.357 e. The first-order valence-corrected chi connectivity index (χ1v) is 8.86. The van der Waals surface area contributed by atoms with Crippen LogP contribution >= 0.6 is 0 Å². The molecule has 0 unspecified atom stereocenters. The molecule has 0 aliphatic heterocycles. The molecule has 0 aliphatic rings. The van der Waals surface area contributed by atoms with E-state index >= 15 is 0 Å². The second kappa shape index (κ2) is 8.94. The quantitative estimate of drug-likeness (QED) is 0.527. The Hall–Kier alpha value is -2.95. The highest BCUT2D eigenvalue weighted by Gasteiger charge is 2.04. The van der Waals surface area contributed by atoms with Gasteiger partial charge in [-0.25, -0.2) is 9.38 Å². The molecule has 2 aromatic carbocycles. The van der Waals surface area contributed by atoms with E-state index in [1.807, 2.05) is 49.4 Å². The molecular formula is C21H23FN4. The van der Waals surface area contributed by atoms with E-state index in [9.17, 15) is 4.39 Å². The molecule has 0 bridgehead atoms. The second-order valence-corrected chi connectivity index (χ2v) is 5.96. The van der Waals surface area contributed by atoms with E-state index in [-0.39, 0.29) is 5.82 Å². The molecule has 0 saturated heterocycles. The Morgan fingerprint density at radius 3 is 2.65 bits per heavy atom. The first-order valence-electron chi connectivity index (χ1n) is 8.86. The summed E-state index contributed by atoms with van der Waals surface area (Å²) in [5.74, 6) is 0.551. The van der Waals surface area contributed by atoms with Gasteiger partial charge in [0.1, 0.15) is 5.82 Å². The van der Waals surface area contributed by atoms with Crippen LogP contribution in [0.1, 0.15) is 18.1 Å². The first-order chi connectivity index (χ1) is 12.8. The van der Waals surface area contributed by atoms with Gasteiger partial charge in [-0.1, -0.05) is 42.5 Å². The predicted octanol–water partition coefficient (Wildman–Crippen LogP) is 3.67. The SMILES string of the molecule is CCNC(=NCc1cccc2cccnc12)NCCc1ccccc1F. The van der Waals surface area contributed by atoms with Crippen LogP contribution < -0.4 is 10.6 Å². The Kier molecular flexibility index (Phi) is 6.14. The van der Waals surface area contributed by atoms with Gasteiger partial charge in [0, 0.05) is 24.7 Å². The van der Waals surface area contributed by atoms with Crippen molar-refractivity contribution >= 4 is 16.9 Å². The van der Waals surface area contributed by atoms with Gasteiger partial charge < -0.3 is 10.6 Å². The van der Waals surface area contributed by atoms with Crippen LogP contribution in [-0.2, 0) is 13.0 Å². The normalized spacial score (nSPS) is 11.5. The molecule has 1 aromatic heterocycles. The Balaban J connectivity index is 1.66. The Morgan fingerprint density at radius 2 is 1.81 bits per heavy atom. The highest BCUT2D eigenvalue weighted by atomic mass is 19.1. The summed E-state index contributed by atoms with van der Waals surface area (Å²) in [6, 6.07) is 17.0. The maximum Gasteiger partial charge on any atom is 0.191 e.